The van der Waals surface area contributed by atoms with Crippen molar-refractivity contribution in [3.8, 4) is 6.07 Å². The van der Waals surface area contributed by atoms with Gasteiger partial charge in [-0.3, -0.25) is 4.79 Å². The molecule has 0 aromatic rings. The van der Waals surface area contributed by atoms with Crippen molar-refractivity contribution in [3.05, 3.63) is 0 Å². The highest BCUT2D eigenvalue weighted by Crippen LogP contribution is 2.27. The monoisotopic (exact) mass is 269 g/mol. The number of carbonyl (C=O) groups is 1. The van der Waals surface area contributed by atoms with Gasteiger partial charge in [-0.15, -0.1) is 11.8 Å². The van der Waals surface area contributed by atoms with Crippen LogP contribution in [0.5, 0.6) is 0 Å². The molecule has 1 atom stereocenters. The lowest BCUT2D eigenvalue weighted by atomic mass is 9.83. The van der Waals surface area contributed by atoms with Crippen LogP contribution in [0.3, 0.4) is 0 Å². The smallest absolute Gasteiger partial charge is 0.231 e. The van der Waals surface area contributed by atoms with Gasteiger partial charge in [0.15, 0.2) is 0 Å². The summed E-state index contributed by atoms with van der Waals surface area (Å²) < 4.78 is 0. The molecule has 0 saturated heterocycles. The third-order valence-corrected chi connectivity index (χ3v) is 4.61. The summed E-state index contributed by atoms with van der Waals surface area (Å²) in [5, 5.41) is 12.6. The SMILES string of the molecule is CC(CCN)SCC(=O)NC1(C#N)CCCCC1. The molecule has 0 spiro atoms. The van der Waals surface area contributed by atoms with Crippen molar-refractivity contribution < 1.29 is 4.79 Å². The summed E-state index contributed by atoms with van der Waals surface area (Å²) in [6.45, 7) is 2.73. The Balaban J connectivity index is 2.36. The zero-order valence-electron chi connectivity index (χ0n) is 11.1. The number of nitrogens with zero attached hydrogens (tertiary/aromatic N) is 1. The summed E-state index contributed by atoms with van der Waals surface area (Å²) in [6, 6.07) is 2.30. The van der Waals surface area contributed by atoms with Crippen LogP contribution in [-0.4, -0.2) is 29.0 Å². The standard InChI is InChI=1S/C13H23N3OS/c1-11(5-8-14)18-9-12(17)16-13(10-15)6-3-2-4-7-13/h11H,2-9,14H2,1H3,(H,16,17). The molecule has 0 radical (unpaired) electrons. The van der Waals surface area contributed by atoms with Gasteiger partial charge < -0.3 is 11.1 Å². The number of hydrogen-bond acceptors (Lipinski definition) is 4. The number of hydrogen-bond donors (Lipinski definition) is 2. The Morgan fingerprint density at radius 3 is 2.72 bits per heavy atom. The van der Waals surface area contributed by atoms with E-state index in [1.807, 2.05) is 0 Å². The number of nitrogens with one attached hydrogen (secondary N) is 1. The summed E-state index contributed by atoms with van der Waals surface area (Å²) in [5.41, 5.74) is 4.87. The number of carbonyl (C=O) groups excluding carboxylic acids is 1. The normalized spacial score (nSPS) is 19.8. The molecule has 0 heterocycles. The van der Waals surface area contributed by atoms with Crippen molar-refractivity contribution in [2.75, 3.05) is 12.3 Å². The molecule has 1 aliphatic carbocycles. The molecule has 1 unspecified atom stereocenters. The zero-order valence-corrected chi connectivity index (χ0v) is 11.9. The third-order valence-electron chi connectivity index (χ3n) is 3.37. The Morgan fingerprint density at radius 2 is 2.17 bits per heavy atom. The van der Waals surface area contributed by atoms with Crippen LogP contribution in [0.2, 0.25) is 0 Å². The van der Waals surface area contributed by atoms with Gasteiger partial charge in [-0.1, -0.05) is 26.2 Å². The number of nitrogens with two attached hydrogens (primary N) is 1. The molecule has 3 N–H and O–H groups in total. The highest BCUT2D eigenvalue weighted by Gasteiger charge is 2.33. The fourth-order valence-electron chi connectivity index (χ4n) is 2.26. The van der Waals surface area contributed by atoms with Crippen molar-refractivity contribution in [2.24, 2.45) is 5.73 Å². The van der Waals surface area contributed by atoms with Crippen LogP contribution in [0.4, 0.5) is 0 Å². The molecule has 0 aromatic heterocycles. The summed E-state index contributed by atoms with van der Waals surface area (Å²) in [7, 11) is 0. The largest absolute Gasteiger partial charge is 0.337 e. The van der Waals surface area contributed by atoms with Crippen LogP contribution in [0.25, 0.3) is 0 Å². The highest BCUT2D eigenvalue weighted by molar-refractivity contribution is 8.00. The topological polar surface area (TPSA) is 78.9 Å². The van der Waals surface area contributed by atoms with E-state index in [9.17, 15) is 10.1 Å². The maximum Gasteiger partial charge on any atom is 0.231 e. The summed E-state index contributed by atoms with van der Waals surface area (Å²) in [4.78, 5) is 11.9. The van der Waals surface area contributed by atoms with Crippen molar-refractivity contribution in [1.29, 1.82) is 5.26 Å². The number of nitriles is 1. The molecule has 1 amide bonds. The van der Waals surface area contributed by atoms with Crippen LogP contribution in [0.15, 0.2) is 0 Å². The Kier molecular flexibility index (Phi) is 6.51. The lowest BCUT2D eigenvalue weighted by Crippen LogP contribution is -2.49. The van der Waals surface area contributed by atoms with E-state index in [0.29, 0.717) is 17.5 Å². The first-order valence-electron chi connectivity index (χ1n) is 6.66. The molecule has 5 heteroatoms. The average Bonchev–Trinajstić information content (AvgIpc) is 2.38. The molecule has 18 heavy (non-hydrogen) atoms. The molecule has 1 saturated carbocycles. The number of thioether (sulfide) groups is 1. The van der Waals surface area contributed by atoms with E-state index in [-0.39, 0.29) is 5.91 Å². The second-order valence-electron chi connectivity index (χ2n) is 5.00. The third kappa shape index (κ3) is 4.87. The van der Waals surface area contributed by atoms with Crippen LogP contribution in [0.1, 0.15) is 45.4 Å². The second-order valence-corrected chi connectivity index (χ2v) is 6.43. The minimum Gasteiger partial charge on any atom is -0.337 e. The Labute approximate surface area is 114 Å². The maximum atomic E-state index is 11.9. The van der Waals surface area contributed by atoms with Gasteiger partial charge in [0, 0.05) is 5.25 Å². The molecule has 0 aliphatic heterocycles. The van der Waals surface area contributed by atoms with E-state index in [1.165, 1.54) is 6.42 Å². The van der Waals surface area contributed by atoms with Gasteiger partial charge in [-0.25, -0.2) is 0 Å². The molecule has 0 aromatic carbocycles. The first-order chi connectivity index (χ1) is 8.62. The van der Waals surface area contributed by atoms with Crippen molar-refractivity contribution in [1.82, 2.24) is 5.32 Å². The van der Waals surface area contributed by atoms with E-state index in [4.69, 9.17) is 5.73 Å². The number of amides is 1. The quantitative estimate of drug-likeness (QED) is 0.770. The van der Waals surface area contributed by atoms with Crippen LogP contribution < -0.4 is 11.1 Å². The fraction of sp³-hybridized carbons (Fsp3) is 0.846. The van der Waals surface area contributed by atoms with E-state index < -0.39 is 5.54 Å². The molecule has 102 valence electrons. The van der Waals surface area contributed by atoms with Crippen molar-refractivity contribution in [2.45, 2.75) is 56.2 Å². The molecule has 1 rings (SSSR count). The Hall–Kier alpha value is -0.730. The van der Waals surface area contributed by atoms with E-state index >= 15 is 0 Å². The summed E-state index contributed by atoms with van der Waals surface area (Å²) in [5.74, 6) is 0.400. The maximum absolute atomic E-state index is 11.9. The van der Waals surface area contributed by atoms with E-state index in [2.05, 4.69) is 18.3 Å². The molecule has 1 aliphatic rings. The predicted octanol–water partition coefficient (Wildman–Crippen LogP) is 1.80. The predicted molar refractivity (Wildman–Crippen MR) is 75.2 cm³/mol. The van der Waals surface area contributed by atoms with Gasteiger partial charge in [0.1, 0.15) is 5.54 Å². The lowest BCUT2D eigenvalue weighted by Gasteiger charge is -2.31. The van der Waals surface area contributed by atoms with Gasteiger partial charge in [-0.05, 0) is 25.8 Å². The van der Waals surface area contributed by atoms with E-state index in [0.717, 1.165) is 32.1 Å². The van der Waals surface area contributed by atoms with E-state index in [1.54, 1.807) is 11.8 Å². The first-order valence-corrected chi connectivity index (χ1v) is 7.71. The second kappa shape index (κ2) is 7.65. The Bertz CT molecular complexity index is 308. The van der Waals surface area contributed by atoms with Crippen molar-refractivity contribution >= 4 is 17.7 Å². The highest BCUT2D eigenvalue weighted by atomic mass is 32.2. The fourth-order valence-corrected chi connectivity index (χ4v) is 3.07. The van der Waals surface area contributed by atoms with Crippen LogP contribution in [-0.2, 0) is 4.79 Å². The molecule has 1 fully saturated rings. The Morgan fingerprint density at radius 1 is 1.50 bits per heavy atom. The number of rotatable bonds is 6. The zero-order chi connectivity index (χ0) is 13.4. The summed E-state index contributed by atoms with van der Waals surface area (Å²) in [6.07, 6.45) is 5.73. The van der Waals surface area contributed by atoms with Gasteiger partial charge in [0.05, 0.1) is 11.8 Å². The van der Waals surface area contributed by atoms with Crippen LogP contribution in [0, 0.1) is 11.3 Å². The van der Waals surface area contributed by atoms with Crippen LogP contribution >= 0.6 is 11.8 Å². The minimum atomic E-state index is -0.604. The average molecular weight is 269 g/mol. The van der Waals surface area contributed by atoms with Crippen molar-refractivity contribution in [3.63, 3.8) is 0 Å². The van der Waals surface area contributed by atoms with Gasteiger partial charge in [0.2, 0.25) is 5.91 Å². The molecular formula is C13H23N3OS. The lowest BCUT2D eigenvalue weighted by molar-refractivity contribution is -0.120. The summed E-state index contributed by atoms with van der Waals surface area (Å²) >= 11 is 1.61. The van der Waals surface area contributed by atoms with Gasteiger partial charge in [0.25, 0.3) is 0 Å². The molecular weight excluding hydrogens is 246 g/mol. The molecule has 0 bridgehead atoms. The van der Waals surface area contributed by atoms with Gasteiger partial charge in [-0.2, -0.15) is 5.26 Å². The minimum absolute atomic E-state index is 0.0210. The molecule has 4 nitrogen and oxygen atoms in total. The van der Waals surface area contributed by atoms with Gasteiger partial charge >= 0.3 is 0 Å². The first kappa shape index (κ1) is 15.3.